The lowest BCUT2D eigenvalue weighted by atomic mass is 10.2. The third-order valence-electron chi connectivity index (χ3n) is 1.95. The summed E-state index contributed by atoms with van der Waals surface area (Å²) in [5.74, 6) is 0.664. The summed E-state index contributed by atoms with van der Waals surface area (Å²) in [5, 5.41) is 12.7. The topological polar surface area (TPSA) is 29.5 Å². The number of phenolic OH excluding ortho intramolecular Hbond substituents is 1. The number of aromatic hydroxyl groups is 1. The van der Waals surface area contributed by atoms with Crippen molar-refractivity contribution in [3.63, 3.8) is 0 Å². The number of thiophene rings is 1. The molecule has 74 valence electrons. The van der Waals surface area contributed by atoms with Crippen molar-refractivity contribution >= 4 is 34.1 Å². The Labute approximate surface area is 91.5 Å². The van der Waals surface area contributed by atoms with Crippen LogP contribution in [0, 0.1) is 0 Å². The average Bonchev–Trinajstić information content (AvgIpc) is 2.60. The molecule has 2 nitrogen and oxygen atoms in total. The summed E-state index contributed by atoms with van der Waals surface area (Å²) in [5.41, 5.74) is 0. The molecule has 0 spiro atoms. The lowest BCUT2D eigenvalue weighted by Crippen LogP contribution is -1.92. The van der Waals surface area contributed by atoms with Gasteiger partial charge < -0.3 is 9.84 Å². The maximum absolute atomic E-state index is 9.75. The number of hydrogen-bond donors (Lipinski definition) is 2. The summed E-state index contributed by atoms with van der Waals surface area (Å²) in [4.78, 5) is 0.559. The molecule has 0 atom stereocenters. The van der Waals surface area contributed by atoms with Gasteiger partial charge in [0.2, 0.25) is 0 Å². The van der Waals surface area contributed by atoms with E-state index in [1.54, 1.807) is 11.3 Å². The Morgan fingerprint density at radius 3 is 3.07 bits per heavy atom. The molecule has 0 radical (unpaired) electrons. The van der Waals surface area contributed by atoms with Crippen LogP contribution in [-0.2, 0) is 0 Å². The van der Waals surface area contributed by atoms with E-state index in [2.05, 4.69) is 12.6 Å². The maximum atomic E-state index is 9.75. The van der Waals surface area contributed by atoms with E-state index in [1.807, 2.05) is 24.4 Å². The van der Waals surface area contributed by atoms with Crippen LogP contribution in [0.5, 0.6) is 11.5 Å². The molecule has 0 fully saturated rings. The van der Waals surface area contributed by atoms with Gasteiger partial charge in [0.1, 0.15) is 0 Å². The Balaban J connectivity index is 2.73. The van der Waals surface area contributed by atoms with Crippen LogP contribution in [0.15, 0.2) is 22.4 Å². The monoisotopic (exact) mass is 226 g/mol. The zero-order chi connectivity index (χ0) is 10.1. The average molecular weight is 226 g/mol. The zero-order valence-electron chi connectivity index (χ0n) is 7.65. The van der Waals surface area contributed by atoms with Gasteiger partial charge >= 0.3 is 0 Å². The van der Waals surface area contributed by atoms with E-state index < -0.39 is 0 Å². The molecule has 1 aromatic heterocycles. The minimum Gasteiger partial charge on any atom is -0.503 e. The molecule has 4 heteroatoms. The van der Waals surface area contributed by atoms with Crippen molar-refractivity contribution in [2.45, 2.75) is 11.8 Å². The molecule has 1 N–H and O–H groups in total. The quantitative estimate of drug-likeness (QED) is 0.769. The number of ether oxygens (including phenoxy) is 1. The predicted molar refractivity (Wildman–Crippen MR) is 61.9 cm³/mol. The third kappa shape index (κ3) is 1.44. The van der Waals surface area contributed by atoms with Crippen molar-refractivity contribution < 1.29 is 9.84 Å². The van der Waals surface area contributed by atoms with E-state index in [0.29, 0.717) is 17.3 Å². The van der Waals surface area contributed by atoms with Crippen molar-refractivity contribution in [1.29, 1.82) is 0 Å². The van der Waals surface area contributed by atoms with E-state index in [0.717, 1.165) is 10.1 Å². The Morgan fingerprint density at radius 1 is 1.57 bits per heavy atom. The van der Waals surface area contributed by atoms with Gasteiger partial charge in [-0.2, -0.15) is 0 Å². The number of benzene rings is 1. The number of fused-ring (bicyclic) bond motifs is 1. The van der Waals surface area contributed by atoms with Crippen LogP contribution in [0.2, 0.25) is 0 Å². The predicted octanol–water partition coefficient (Wildman–Crippen LogP) is 3.29. The van der Waals surface area contributed by atoms with E-state index in [9.17, 15) is 5.11 Å². The molecule has 1 aromatic carbocycles. The van der Waals surface area contributed by atoms with Crippen LogP contribution in [0.25, 0.3) is 10.1 Å². The van der Waals surface area contributed by atoms with Crippen molar-refractivity contribution in [1.82, 2.24) is 0 Å². The smallest absolute Gasteiger partial charge is 0.172 e. The van der Waals surface area contributed by atoms with Gasteiger partial charge in [-0.15, -0.1) is 24.0 Å². The standard InChI is InChI=1S/C10H10O2S2/c1-2-12-10-6-3-4-14-8(6)5-7(13)9(10)11/h3-5,11,13H,2H2,1H3. The molecular weight excluding hydrogens is 216 g/mol. The van der Waals surface area contributed by atoms with Gasteiger partial charge in [0.05, 0.1) is 11.5 Å². The second kappa shape index (κ2) is 3.71. The lowest BCUT2D eigenvalue weighted by molar-refractivity contribution is 0.319. The minimum absolute atomic E-state index is 0.126. The van der Waals surface area contributed by atoms with Crippen molar-refractivity contribution in [2.24, 2.45) is 0 Å². The number of thiol groups is 1. The number of phenols is 1. The largest absolute Gasteiger partial charge is 0.503 e. The van der Waals surface area contributed by atoms with Gasteiger partial charge in [0, 0.05) is 10.1 Å². The maximum Gasteiger partial charge on any atom is 0.172 e. The lowest BCUT2D eigenvalue weighted by Gasteiger charge is -2.08. The van der Waals surface area contributed by atoms with Crippen LogP contribution in [-0.4, -0.2) is 11.7 Å². The first-order valence-electron chi connectivity index (χ1n) is 4.29. The van der Waals surface area contributed by atoms with Crippen LogP contribution >= 0.6 is 24.0 Å². The Bertz CT molecular complexity index is 462. The van der Waals surface area contributed by atoms with Gasteiger partial charge in [-0.25, -0.2) is 0 Å². The molecule has 0 amide bonds. The van der Waals surface area contributed by atoms with Gasteiger partial charge in [-0.3, -0.25) is 0 Å². The zero-order valence-corrected chi connectivity index (χ0v) is 9.36. The first kappa shape index (κ1) is 9.68. The van der Waals surface area contributed by atoms with Crippen molar-refractivity contribution in [3.8, 4) is 11.5 Å². The molecule has 0 saturated heterocycles. The SMILES string of the molecule is CCOc1c(O)c(S)cc2sccc12. The molecule has 0 aliphatic heterocycles. The summed E-state index contributed by atoms with van der Waals surface area (Å²) >= 11 is 5.80. The van der Waals surface area contributed by atoms with Crippen molar-refractivity contribution in [2.75, 3.05) is 6.61 Å². The molecule has 0 unspecified atom stereocenters. The van der Waals surface area contributed by atoms with Crippen molar-refractivity contribution in [3.05, 3.63) is 17.5 Å². The fourth-order valence-electron chi connectivity index (χ4n) is 1.35. The second-order valence-corrected chi connectivity index (χ2v) is 4.27. The van der Waals surface area contributed by atoms with Gasteiger partial charge in [0.25, 0.3) is 0 Å². The highest BCUT2D eigenvalue weighted by atomic mass is 32.1. The van der Waals surface area contributed by atoms with Gasteiger partial charge in [-0.05, 0) is 24.4 Å². The fraction of sp³-hybridized carbons (Fsp3) is 0.200. The van der Waals surface area contributed by atoms with E-state index in [4.69, 9.17) is 4.74 Å². The molecule has 0 bridgehead atoms. The third-order valence-corrected chi connectivity index (χ3v) is 3.16. The molecule has 2 aromatic rings. The minimum atomic E-state index is 0.126. The number of rotatable bonds is 2. The summed E-state index contributed by atoms with van der Waals surface area (Å²) in [6.07, 6.45) is 0. The normalized spacial score (nSPS) is 10.7. The van der Waals surface area contributed by atoms with Crippen LogP contribution in [0.3, 0.4) is 0 Å². The molecular formula is C10H10O2S2. The highest BCUT2D eigenvalue weighted by Crippen LogP contribution is 2.41. The molecule has 2 rings (SSSR count). The van der Waals surface area contributed by atoms with Crippen LogP contribution in [0.1, 0.15) is 6.92 Å². The van der Waals surface area contributed by atoms with Gasteiger partial charge in [-0.1, -0.05) is 0 Å². The van der Waals surface area contributed by atoms with Crippen LogP contribution < -0.4 is 4.74 Å². The molecule has 14 heavy (non-hydrogen) atoms. The summed E-state index contributed by atoms with van der Waals surface area (Å²) < 4.78 is 6.48. The first-order valence-corrected chi connectivity index (χ1v) is 5.61. The molecule has 1 heterocycles. The van der Waals surface area contributed by atoms with Gasteiger partial charge in [0.15, 0.2) is 11.5 Å². The van der Waals surface area contributed by atoms with E-state index in [-0.39, 0.29) is 5.75 Å². The Hall–Kier alpha value is -0.870. The molecule has 0 saturated carbocycles. The summed E-state index contributed by atoms with van der Waals surface area (Å²) in [6.45, 7) is 2.43. The Morgan fingerprint density at radius 2 is 2.36 bits per heavy atom. The Kier molecular flexibility index (Phi) is 2.56. The fourth-order valence-corrected chi connectivity index (χ4v) is 2.49. The number of hydrogen-bond acceptors (Lipinski definition) is 4. The highest BCUT2D eigenvalue weighted by Gasteiger charge is 2.12. The summed E-state index contributed by atoms with van der Waals surface area (Å²) in [7, 11) is 0. The summed E-state index contributed by atoms with van der Waals surface area (Å²) in [6, 6.07) is 3.79. The molecule has 0 aliphatic carbocycles. The van der Waals surface area contributed by atoms with E-state index >= 15 is 0 Å². The van der Waals surface area contributed by atoms with E-state index in [1.165, 1.54) is 0 Å². The van der Waals surface area contributed by atoms with Crippen LogP contribution in [0.4, 0.5) is 0 Å². The second-order valence-electron chi connectivity index (χ2n) is 2.84. The molecule has 0 aliphatic rings. The highest BCUT2D eigenvalue weighted by molar-refractivity contribution is 7.80. The first-order chi connectivity index (χ1) is 6.74.